The Morgan fingerprint density at radius 3 is 2.13 bits per heavy atom. The van der Waals surface area contributed by atoms with Crippen LogP contribution in [0, 0.1) is 17.5 Å². The van der Waals surface area contributed by atoms with Gasteiger partial charge >= 0.3 is 12.3 Å². The summed E-state index contributed by atoms with van der Waals surface area (Å²) in [4.78, 5) is 28.6. The van der Waals surface area contributed by atoms with E-state index in [9.17, 15) is 41.0 Å². The number of aliphatic hydroxyl groups is 1. The molecule has 3 atom stereocenters. The summed E-state index contributed by atoms with van der Waals surface area (Å²) in [6, 6.07) is 7.71. The third-order valence-electron chi connectivity index (χ3n) is 7.69. The molecule has 1 aromatic heterocycles. The van der Waals surface area contributed by atoms with E-state index in [4.69, 9.17) is 9.84 Å². The predicted octanol–water partition coefficient (Wildman–Crippen LogP) is 4.85. The van der Waals surface area contributed by atoms with Crippen molar-refractivity contribution in [3.8, 4) is 0 Å². The molecule has 1 fully saturated rings. The van der Waals surface area contributed by atoms with Crippen LogP contribution in [0.4, 0.5) is 36.8 Å². The summed E-state index contributed by atoms with van der Waals surface area (Å²) in [5, 5.41) is 24.0. The zero-order chi connectivity index (χ0) is 33.4. The Morgan fingerprint density at radius 2 is 1.63 bits per heavy atom. The minimum Gasteiger partial charge on any atom is -0.465 e. The highest BCUT2D eigenvalue weighted by Crippen LogP contribution is 2.30. The molecular formula is C31H32F6N4O5. The number of halogens is 6. The first kappa shape index (κ1) is 34.7. The van der Waals surface area contributed by atoms with Crippen molar-refractivity contribution < 1.29 is 50.9 Å². The minimum absolute atomic E-state index is 0.0856. The molecule has 2 aromatic carbocycles. The molecule has 46 heavy (non-hydrogen) atoms. The number of carbonyl (C=O) groups excluding carboxylic acids is 1. The van der Waals surface area contributed by atoms with Crippen molar-refractivity contribution in [2.75, 3.05) is 31.6 Å². The lowest BCUT2D eigenvalue weighted by Gasteiger charge is -2.36. The van der Waals surface area contributed by atoms with Crippen LogP contribution in [0.15, 0.2) is 60.9 Å². The van der Waals surface area contributed by atoms with Crippen molar-refractivity contribution in [1.82, 2.24) is 15.2 Å². The summed E-state index contributed by atoms with van der Waals surface area (Å²) >= 11 is 0. The van der Waals surface area contributed by atoms with Gasteiger partial charge < -0.3 is 25.6 Å². The van der Waals surface area contributed by atoms with Gasteiger partial charge in [-0.15, -0.1) is 0 Å². The second-order valence-electron chi connectivity index (χ2n) is 10.8. The lowest BCUT2D eigenvalue weighted by molar-refractivity contribution is -0.188. The number of nitrogens with one attached hydrogen (secondary N) is 2. The lowest BCUT2D eigenvalue weighted by Crippen LogP contribution is -2.58. The Bertz CT molecular complexity index is 1420. The van der Waals surface area contributed by atoms with E-state index < -0.39 is 72.9 Å². The summed E-state index contributed by atoms with van der Waals surface area (Å²) in [7, 11) is 0. The Morgan fingerprint density at radius 1 is 1.02 bits per heavy atom. The second-order valence-corrected chi connectivity index (χ2v) is 10.8. The standard InChI is InChI=1S/C31H32F6N4O5/c32-20-5-1-18(2-6-20)25(19-3-7-21(33)8-4-19)11-29(43)40-27-14-38-13-26(34)24(27)10-9-23-12-39-22(17-46-23)15-41(30(44)45)28(16-42)31(35,36)37/h1-8,13-14,22-23,25,28,39,42H,9-12,15-17H2,(H,40,43)(H,44,45)/t22-,23+,28?/m0/s1. The summed E-state index contributed by atoms with van der Waals surface area (Å²) in [6.07, 6.45) is -4.86. The van der Waals surface area contributed by atoms with Crippen LogP contribution >= 0.6 is 0 Å². The Labute approximate surface area is 260 Å². The fraction of sp³-hybridized carbons (Fsp3) is 0.387. The van der Waals surface area contributed by atoms with Crippen LogP contribution in [0.5, 0.6) is 0 Å². The molecule has 1 aliphatic heterocycles. The van der Waals surface area contributed by atoms with E-state index in [1.807, 2.05) is 0 Å². The zero-order valence-corrected chi connectivity index (χ0v) is 24.3. The number of amides is 2. The maximum absolute atomic E-state index is 14.9. The number of aliphatic hydroxyl groups excluding tert-OH is 1. The fourth-order valence-corrected chi connectivity index (χ4v) is 5.26. The smallest absolute Gasteiger partial charge is 0.411 e. The number of morpholine rings is 1. The van der Waals surface area contributed by atoms with Crippen molar-refractivity contribution in [1.29, 1.82) is 0 Å². The van der Waals surface area contributed by atoms with Crippen LogP contribution in [0.2, 0.25) is 0 Å². The van der Waals surface area contributed by atoms with Gasteiger partial charge in [-0.3, -0.25) is 14.7 Å². The molecular weight excluding hydrogens is 622 g/mol. The van der Waals surface area contributed by atoms with E-state index in [1.165, 1.54) is 54.7 Å². The number of benzene rings is 2. The van der Waals surface area contributed by atoms with Gasteiger partial charge in [0.15, 0.2) is 6.04 Å². The molecule has 1 unspecified atom stereocenters. The first-order valence-electron chi connectivity index (χ1n) is 14.3. The number of pyridine rings is 1. The maximum atomic E-state index is 14.9. The van der Waals surface area contributed by atoms with Crippen LogP contribution in [-0.2, 0) is 16.0 Å². The highest BCUT2D eigenvalue weighted by molar-refractivity contribution is 5.92. The van der Waals surface area contributed by atoms with Crippen molar-refractivity contribution in [3.05, 3.63) is 95.1 Å². The van der Waals surface area contributed by atoms with Crippen LogP contribution in [0.25, 0.3) is 0 Å². The number of nitrogens with zero attached hydrogens (tertiary/aromatic N) is 2. The Hall–Kier alpha value is -4.21. The third kappa shape index (κ3) is 9.17. The quantitative estimate of drug-likeness (QED) is 0.206. The highest BCUT2D eigenvalue weighted by Gasteiger charge is 2.46. The lowest BCUT2D eigenvalue weighted by atomic mass is 9.88. The predicted molar refractivity (Wildman–Crippen MR) is 154 cm³/mol. The molecule has 2 heterocycles. The number of hydrogen-bond donors (Lipinski definition) is 4. The molecule has 0 saturated carbocycles. The van der Waals surface area contributed by atoms with Gasteiger partial charge in [0.25, 0.3) is 0 Å². The molecule has 2 amide bonds. The number of aromatic nitrogens is 1. The van der Waals surface area contributed by atoms with Gasteiger partial charge in [0.05, 0.1) is 37.4 Å². The monoisotopic (exact) mass is 654 g/mol. The van der Waals surface area contributed by atoms with E-state index >= 15 is 0 Å². The number of alkyl halides is 3. The normalized spacial score (nSPS) is 17.5. The number of hydrogen-bond acceptors (Lipinski definition) is 6. The van der Waals surface area contributed by atoms with Crippen LogP contribution in [0.3, 0.4) is 0 Å². The van der Waals surface area contributed by atoms with Crippen LogP contribution in [0.1, 0.15) is 35.4 Å². The van der Waals surface area contributed by atoms with Crippen molar-refractivity contribution >= 4 is 17.7 Å². The summed E-state index contributed by atoms with van der Waals surface area (Å²) < 4.78 is 87.3. The molecule has 0 bridgehead atoms. The van der Waals surface area contributed by atoms with E-state index in [0.29, 0.717) is 11.1 Å². The van der Waals surface area contributed by atoms with Gasteiger partial charge in [-0.25, -0.2) is 18.0 Å². The average molecular weight is 655 g/mol. The number of anilines is 1. The molecule has 4 N–H and O–H groups in total. The molecule has 4 rings (SSSR count). The molecule has 0 radical (unpaired) electrons. The molecule has 3 aromatic rings. The summed E-state index contributed by atoms with van der Waals surface area (Å²) in [5.41, 5.74) is 1.47. The van der Waals surface area contributed by atoms with Gasteiger partial charge in [-0.1, -0.05) is 24.3 Å². The van der Waals surface area contributed by atoms with Crippen molar-refractivity contribution in [2.24, 2.45) is 0 Å². The van der Waals surface area contributed by atoms with Gasteiger partial charge in [-0.05, 0) is 48.2 Å². The van der Waals surface area contributed by atoms with Gasteiger partial charge in [-0.2, -0.15) is 13.2 Å². The summed E-state index contributed by atoms with van der Waals surface area (Å²) in [6.45, 7) is -2.03. The van der Waals surface area contributed by atoms with Crippen molar-refractivity contribution in [3.63, 3.8) is 0 Å². The second kappa shape index (κ2) is 15.4. The minimum atomic E-state index is -4.96. The molecule has 0 aliphatic carbocycles. The number of rotatable bonds is 12. The van der Waals surface area contributed by atoms with Gasteiger partial charge in [0.1, 0.15) is 17.5 Å². The van der Waals surface area contributed by atoms with E-state index in [2.05, 4.69) is 15.6 Å². The van der Waals surface area contributed by atoms with E-state index in [0.717, 1.165) is 6.20 Å². The first-order chi connectivity index (χ1) is 21.8. The molecule has 1 aliphatic rings. The first-order valence-corrected chi connectivity index (χ1v) is 14.3. The molecule has 9 nitrogen and oxygen atoms in total. The largest absolute Gasteiger partial charge is 0.465 e. The van der Waals surface area contributed by atoms with Crippen LogP contribution < -0.4 is 10.6 Å². The highest BCUT2D eigenvalue weighted by atomic mass is 19.4. The van der Waals surface area contributed by atoms with E-state index in [1.54, 1.807) is 0 Å². The van der Waals surface area contributed by atoms with Crippen LogP contribution in [-0.4, -0.2) is 82.8 Å². The topological polar surface area (TPSA) is 124 Å². The van der Waals surface area contributed by atoms with Crippen molar-refractivity contribution in [2.45, 2.75) is 49.5 Å². The average Bonchev–Trinajstić information content (AvgIpc) is 3.00. The van der Waals surface area contributed by atoms with Gasteiger partial charge in [0, 0.05) is 37.0 Å². The fourth-order valence-electron chi connectivity index (χ4n) is 5.26. The number of ether oxygens (including phenoxy) is 1. The maximum Gasteiger partial charge on any atom is 0.411 e. The molecule has 0 spiro atoms. The Balaban J connectivity index is 1.38. The number of carbonyl (C=O) groups is 2. The number of carboxylic acid groups (broad SMARTS) is 1. The molecule has 248 valence electrons. The zero-order valence-electron chi connectivity index (χ0n) is 24.3. The summed E-state index contributed by atoms with van der Waals surface area (Å²) in [5.74, 6) is -2.69. The molecule has 15 heteroatoms. The van der Waals surface area contributed by atoms with E-state index in [-0.39, 0.29) is 48.6 Å². The van der Waals surface area contributed by atoms with Gasteiger partial charge in [0.2, 0.25) is 5.91 Å². The molecule has 1 saturated heterocycles. The Kier molecular flexibility index (Phi) is 11.6. The SMILES string of the molecule is O=C(CC(c1ccc(F)cc1)c1ccc(F)cc1)Nc1cncc(F)c1CC[C@@H]1CN[C@@H](CN(C(=O)O)C(CO)C(F)(F)F)CO1. The third-order valence-corrected chi connectivity index (χ3v) is 7.69.